The quantitative estimate of drug-likeness (QED) is 0.189. The molecule has 0 saturated heterocycles. The summed E-state index contributed by atoms with van der Waals surface area (Å²) < 4.78 is 0. The zero-order chi connectivity index (χ0) is 9.11. The van der Waals surface area contributed by atoms with Gasteiger partial charge in [-0.2, -0.15) is 0 Å². The molecule has 0 amide bonds. The van der Waals surface area contributed by atoms with Crippen molar-refractivity contribution in [2.75, 3.05) is 26.2 Å². The van der Waals surface area contributed by atoms with Gasteiger partial charge in [-0.15, -0.1) is 0 Å². The Bertz CT molecular complexity index is 59.8. The van der Waals surface area contributed by atoms with Gasteiger partial charge in [0.2, 0.25) is 0 Å². The Balaban J connectivity index is 0. The van der Waals surface area contributed by atoms with Crippen LogP contribution in [0.4, 0.5) is 0 Å². The Morgan fingerprint density at radius 1 is 1.00 bits per heavy atom. The molecule has 0 aromatic carbocycles. The molecule has 0 aliphatic rings. The SMILES string of the molecule is NCCNCCN.OB(O)O. The van der Waals surface area contributed by atoms with Gasteiger partial charge in [0.1, 0.15) is 0 Å². The van der Waals surface area contributed by atoms with E-state index in [1.165, 1.54) is 0 Å². The van der Waals surface area contributed by atoms with Crippen molar-refractivity contribution in [3.63, 3.8) is 0 Å². The molecule has 0 saturated carbocycles. The second-order valence-corrected chi connectivity index (χ2v) is 1.67. The van der Waals surface area contributed by atoms with Crippen LogP contribution < -0.4 is 16.8 Å². The molecule has 8 N–H and O–H groups in total. The third-order valence-electron chi connectivity index (χ3n) is 0.642. The van der Waals surface area contributed by atoms with Crippen LogP contribution in [0.3, 0.4) is 0 Å². The first-order valence-electron chi connectivity index (χ1n) is 3.30. The molecule has 7 heteroatoms. The summed E-state index contributed by atoms with van der Waals surface area (Å²) in [5, 5.41) is 24.5. The van der Waals surface area contributed by atoms with Crippen molar-refractivity contribution < 1.29 is 15.1 Å². The van der Waals surface area contributed by atoms with Crippen LogP contribution >= 0.6 is 0 Å². The highest BCUT2D eigenvalue weighted by atomic mass is 16.5. The van der Waals surface area contributed by atoms with Crippen LogP contribution in [0.25, 0.3) is 0 Å². The van der Waals surface area contributed by atoms with E-state index in [2.05, 4.69) is 5.32 Å². The molecule has 0 fully saturated rings. The largest absolute Gasteiger partial charge is 0.631 e. The molecule has 0 radical (unpaired) electrons. The lowest BCUT2D eigenvalue weighted by Gasteiger charge is -1.95. The van der Waals surface area contributed by atoms with Gasteiger partial charge >= 0.3 is 7.32 Å². The van der Waals surface area contributed by atoms with E-state index in [0.29, 0.717) is 13.1 Å². The first kappa shape index (κ1) is 13.4. The maximum absolute atomic E-state index is 7.17. The first-order valence-corrected chi connectivity index (χ1v) is 3.30. The van der Waals surface area contributed by atoms with Crippen LogP contribution in [-0.2, 0) is 0 Å². The number of rotatable bonds is 4. The zero-order valence-electron chi connectivity index (χ0n) is 6.40. The summed E-state index contributed by atoms with van der Waals surface area (Å²) in [5.41, 5.74) is 10.3. The van der Waals surface area contributed by atoms with Crippen molar-refractivity contribution in [2.24, 2.45) is 11.5 Å². The number of nitrogens with two attached hydrogens (primary N) is 2. The smallest absolute Gasteiger partial charge is 0.402 e. The highest BCUT2D eigenvalue weighted by molar-refractivity contribution is 6.30. The molecule has 0 spiro atoms. The van der Waals surface area contributed by atoms with Crippen LogP contribution in [-0.4, -0.2) is 48.6 Å². The van der Waals surface area contributed by atoms with E-state index in [-0.39, 0.29) is 0 Å². The number of nitrogens with one attached hydrogen (secondary N) is 1. The highest BCUT2D eigenvalue weighted by Gasteiger charge is 1.92. The van der Waals surface area contributed by atoms with Crippen LogP contribution in [0.2, 0.25) is 0 Å². The minimum Gasteiger partial charge on any atom is -0.402 e. The van der Waals surface area contributed by atoms with Crippen molar-refractivity contribution in [2.45, 2.75) is 0 Å². The third-order valence-corrected chi connectivity index (χ3v) is 0.642. The Kier molecular flexibility index (Phi) is 15.2. The molecule has 0 aromatic heterocycles. The fourth-order valence-corrected chi connectivity index (χ4v) is 0.329. The maximum atomic E-state index is 7.17. The molecule has 0 bridgehead atoms. The van der Waals surface area contributed by atoms with E-state index in [0.717, 1.165) is 13.1 Å². The Labute approximate surface area is 66.4 Å². The molecule has 0 aliphatic carbocycles. The maximum Gasteiger partial charge on any atom is 0.631 e. The van der Waals surface area contributed by atoms with Gasteiger partial charge in [0.15, 0.2) is 0 Å². The lowest BCUT2D eigenvalue weighted by molar-refractivity contribution is 0.278. The van der Waals surface area contributed by atoms with Crippen LogP contribution in [0, 0.1) is 0 Å². The van der Waals surface area contributed by atoms with Gasteiger partial charge in [0.05, 0.1) is 0 Å². The molecule has 0 unspecified atom stereocenters. The average molecular weight is 165 g/mol. The Morgan fingerprint density at radius 3 is 1.45 bits per heavy atom. The van der Waals surface area contributed by atoms with Crippen molar-refractivity contribution in [1.82, 2.24) is 5.32 Å². The predicted molar refractivity (Wildman–Crippen MR) is 43.4 cm³/mol. The molecule has 0 aliphatic heterocycles. The minimum absolute atomic E-state index is 0.694. The first-order chi connectivity index (χ1) is 5.15. The van der Waals surface area contributed by atoms with Gasteiger partial charge in [0.25, 0.3) is 0 Å². The van der Waals surface area contributed by atoms with E-state index >= 15 is 0 Å². The van der Waals surface area contributed by atoms with Gasteiger partial charge in [-0.25, -0.2) is 0 Å². The minimum atomic E-state index is -2.17. The van der Waals surface area contributed by atoms with Crippen molar-refractivity contribution in [1.29, 1.82) is 0 Å². The molecule has 0 rings (SSSR count). The fraction of sp³-hybridized carbons (Fsp3) is 1.00. The Hall–Kier alpha value is -0.175. The summed E-state index contributed by atoms with van der Waals surface area (Å²) in [5.74, 6) is 0. The second-order valence-electron chi connectivity index (χ2n) is 1.67. The normalized spacial score (nSPS) is 8.45. The standard InChI is InChI=1S/C4H13N3.BH3O3/c5-1-3-7-4-2-6;2-1(3)4/h7H,1-6H2;2-4H. The van der Waals surface area contributed by atoms with E-state index in [4.69, 9.17) is 26.5 Å². The zero-order valence-corrected chi connectivity index (χ0v) is 6.40. The predicted octanol–water partition coefficient (Wildman–Crippen LogP) is -3.56. The van der Waals surface area contributed by atoms with Gasteiger partial charge in [-0.3, -0.25) is 0 Å². The van der Waals surface area contributed by atoms with E-state index < -0.39 is 7.32 Å². The summed E-state index contributed by atoms with van der Waals surface area (Å²) in [6, 6.07) is 0. The Morgan fingerprint density at radius 2 is 1.27 bits per heavy atom. The molecular formula is C4H16BN3O3. The summed E-state index contributed by atoms with van der Waals surface area (Å²) in [6.07, 6.45) is 0. The van der Waals surface area contributed by atoms with Crippen molar-refractivity contribution in [3.8, 4) is 0 Å². The van der Waals surface area contributed by atoms with Gasteiger partial charge in [-0.05, 0) is 0 Å². The summed E-state index contributed by atoms with van der Waals surface area (Å²) >= 11 is 0. The van der Waals surface area contributed by atoms with Gasteiger partial charge in [-0.1, -0.05) is 0 Å². The van der Waals surface area contributed by atoms with Crippen molar-refractivity contribution >= 4 is 7.32 Å². The van der Waals surface area contributed by atoms with Crippen LogP contribution in [0.15, 0.2) is 0 Å². The molecule has 0 heterocycles. The lowest BCUT2D eigenvalue weighted by Crippen LogP contribution is -2.27. The molecule has 0 atom stereocenters. The summed E-state index contributed by atoms with van der Waals surface area (Å²) in [6.45, 7) is 3.13. The monoisotopic (exact) mass is 165 g/mol. The third kappa shape index (κ3) is 41.1. The van der Waals surface area contributed by atoms with Crippen LogP contribution in [0.1, 0.15) is 0 Å². The van der Waals surface area contributed by atoms with Crippen LogP contribution in [0.5, 0.6) is 0 Å². The molecule has 0 aromatic rings. The number of hydrogen-bond donors (Lipinski definition) is 6. The topological polar surface area (TPSA) is 125 Å². The second kappa shape index (κ2) is 12.5. The van der Waals surface area contributed by atoms with Gasteiger partial charge in [0, 0.05) is 26.2 Å². The number of hydrogen-bond acceptors (Lipinski definition) is 6. The summed E-state index contributed by atoms with van der Waals surface area (Å²) in [7, 11) is -2.17. The highest BCUT2D eigenvalue weighted by Crippen LogP contribution is 1.49. The van der Waals surface area contributed by atoms with E-state index in [9.17, 15) is 0 Å². The van der Waals surface area contributed by atoms with E-state index in [1.807, 2.05) is 0 Å². The molecule has 68 valence electrons. The average Bonchev–Trinajstić information content (AvgIpc) is 1.88. The van der Waals surface area contributed by atoms with E-state index in [1.54, 1.807) is 0 Å². The molecular weight excluding hydrogens is 149 g/mol. The molecule has 6 nitrogen and oxygen atoms in total. The lowest BCUT2D eigenvalue weighted by atomic mass is 10.3. The van der Waals surface area contributed by atoms with Gasteiger partial charge < -0.3 is 31.9 Å². The van der Waals surface area contributed by atoms with Crippen molar-refractivity contribution in [3.05, 3.63) is 0 Å². The fourth-order valence-electron chi connectivity index (χ4n) is 0.329. The summed E-state index contributed by atoms with van der Waals surface area (Å²) in [4.78, 5) is 0. The molecule has 11 heavy (non-hydrogen) atoms.